The average molecular weight is 224 g/mol. The van der Waals surface area contributed by atoms with Crippen molar-refractivity contribution in [2.75, 3.05) is 18.0 Å². The first kappa shape index (κ1) is 10.2. The highest BCUT2D eigenvalue weighted by Gasteiger charge is 2.16. The van der Waals surface area contributed by atoms with Gasteiger partial charge in [-0.05, 0) is 13.3 Å². The first-order chi connectivity index (χ1) is 7.16. The number of hydrogen-bond donors (Lipinski definition) is 1. The summed E-state index contributed by atoms with van der Waals surface area (Å²) in [6.45, 7) is 3.86. The number of carboxylic acids is 1. The highest BCUT2D eigenvalue weighted by atomic mass is 32.1. The van der Waals surface area contributed by atoms with Gasteiger partial charge >= 0.3 is 5.97 Å². The molecule has 2 heterocycles. The monoisotopic (exact) mass is 224 g/mol. The van der Waals surface area contributed by atoms with Gasteiger partial charge in [-0.2, -0.15) is 0 Å². The van der Waals surface area contributed by atoms with E-state index in [9.17, 15) is 4.79 Å². The van der Waals surface area contributed by atoms with Gasteiger partial charge in [0.25, 0.3) is 0 Å². The Morgan fingerprint density at radius 1 is 1.67 bits per heavy atom. The Labute approximate surface area is 91.9 Å². The van der Waals surface area contributed by atoms with E-state index in [0.29, 0.717) is 0 Å². The number of anilines is 1. The van der Waals surface area contributed by atoms with Crippen LogP contribution in [0.1, 0.15) is 23.8 Å². The lowest BCUT2D eigenvalue weighted by Gasteiger charge is -2.25. The predicted octanol–water partition coefficient (Wildman–Crippen LogP) is 2.00. The largest absolute Gasteiger partial charge is 0.476 e. The van der Waals surface area contributed by atoms with Gasteiger partial charge in [0.2, 0.25) is 0 Å². The van der Waals surface area contributed by atoms with E-state index in [-0.39, 0.29) is 5.69 Å². The molecule has 0 saturated heterocycles. The topological polar surface area (TPSA) is 53.4 Å². The molecule has 80 valence electrons. The molecule has 4 nitrogen and oxygen atoms in total. The van der Waals surface area contributed by atoms with E-state index < -0.39 is 5.97 Å². The summed E-state index contributed by atoms with van der Waals surface area (Å²) < 4.78 is 0. The van der Waals surface area contributed by atoms with Gasteiger partial charge < -0.3 is 10.0 Å². The van der Waals surface area contributed by atoms with Gasteiger partial charge in [0.15, 0.2) is 10.8 Å². The van der Waals surface area contributed by atoms with E-state index in [1.807, 2.05) is 0 Å². The van der Waals surface area contributed by atoms with Crippen molar-refractivity contribution in [2.24, 2.45) is 0 Å². The van der Waals surface area contributed by atoms with Crippen LogP contribution in [0.2, 0.25) is 0 Å². The Hall–Kier alpha value is -1.36. The standard InChI is InChI=1S/C10H12N2O2S/c1-7-3-2-4-12(5-7)10-11-8(6-15-10)9(13)14/h3,6H,2,4-5H2,1H3,(H,13,14). The molecule has 0 amide bonds. The summed E-state index contributed by atoms with van der Waals surface area (Å²) in [7, 11) is 0. The second-order valence-electron chi connectivity index (χ2n) is 3.58. The first-order valence-electron chi connectivity index (χ1n) is 4.76. The van der Waals surface area contributed by atoms with Gasteiger partial charge in [0, 0.05) is 18.5 Å². The van der Waals surface area contributed by atoms with E-state index in [0.717, 1.165) is 24.6 Å². The van der Waals surface area contributed by atoms with Crippen molar-refractivity contribution < 1.29 is 9.90 Å². The van der Waals surface area contributed by atoms with E-state index in [1.165, 1.54) is 16.9 Å². The van der Waals surface area contributed by atoms with Gasteiger partial charge in [0.05, 0.1) is 0 Å². The summed E-state index contributed by atoms with van der Waals surface area (Å²) in [6, 6.07) is 0. The second kappa shape index (κ2) is 4.02. The van der Waals surface area contributed by atoms with Gasteiger partial charge in [-0.15, -0.1) is 11.3 Å². The van der Waals surface area contributed by atoms with Crippen molar-refractivity contribution in [3.8, 4) is 0 Å². The van der Waals surface area contributed by atoms with Gasteiger partial charge in [0.1, 0.15) is 0 Å². The number of aromatic nitrogens is 1. The molecule has 0 fully saturated rings. The maximum atomic E-state index is 10.7. The second-order valence-corrected chi connectivity index (χ2v) is 4.42. The Bertz CT molecular complexity index is 411. The van der Waals surface area contributed by atoms with Crippen molar-refractivity contribution in [1.29, 1.82) is 0 Å². The third-order valence-electron chi connectivity index (χ3n) is 2.31. The minimum atomic E-state index is -0.957. The third kappa shape index (κ3) is 2.18. The van der Waals surface area contributed by atoms with Crippen molar-refractivity contribution in [3.63, 3.8) is 0 Å². The highest BCUT2D eigenvalue weighted by Crippen LogP contribution is 2.23. The van der Waals surface area contributed by atoms with E-state index in [4.69, 9.17) is 5.11 Å². The number of carboxylic acid groups (broad SMARTS) is 1. The molecule has 1 N–H and O–H groups in total. The molecule has 1 aliphatic rings. The van der Waals surface area contributed by atoms with E-state index >= 15 is 0 Å². The molecule has 0 aromatic carbocycles. The van der Waals surface area contributed by atoms with Crippen molar-refractivity contribution >= 4 is 22.4 Å². The molecule has 0 unspecified atom stereocenters. The molecule has 0 saturated carbocycles. The number of aromatic carboxylic acids is 1. The maximum absolute atomic E-state index is 10.7. The summed E-state index contributed by atoms with van der Waals surface area (Å²) >= 11 is 1.39. The normalized spacial score (nSPS) is 16.3. The minimum absolute atomic E-state index is 0.141. The Morgan fingerprint density at radius 3 is 3.07 bits per heavy atom. The minimum Gasteiger partial charge on any atom is -0.476 e. The number of rotatable bonds is 2. The summed E-state index contributed by atoms with van der Waals surface area (Å²) in [5.41, 5.74) is 1.45. The number of thiazole rings is 1. The summed E-state index contributed by atoms with van der Waals surface area (Å²) in [5, 5.41) is 11.2. The Balaban J connectivity index is 2.16. The zero-order chi connectivity index (χ0) is 10.8. The summed E-state index contributed by atoms with van der Waals surface area (Å²) in [4.78, 5) is 16.9. The maximum Gasteiger partial charge on any atom is 0.355 e. The fourth-order valence-corrected chi connectivity index (χ4v) is 2.41. The molecule has 5 heteroatoms. The van der Waals surface area contributed by atoms with Gasteiger partial charge in [-0.3, -0.25) is 0 Å². The van der Waals surface area contributed by atoms with Crippen molar-refractivity contribution in [3.05, 3.63) is 22.7 Å². The lowest BCUT2D eigenvalue weighted by atomic mass is 10.1. The smallest absolute Gasteiger partial charge is 0.355 e. The van der Waals surface area contributed by atoms with Crippen LogP contribution in [0.15, 0.2) is 17.0 Å². The fourth-order valence-electron chi connectivity index (χ4n) is 1.58. The fraction of sp³-hybridized carbons (Fsp3) is 0.400. The number of hydrogen-bond acceptors (Lipinski definition) is 4. The first-order valence-corrected chi connectivity index (χ1v) is 5.64. The molecule has 15 heavy (non-hydrogen) atoms. The van der Waals surface area contributed by atoms with E-state index in [2.05, 4.69) is 22.9 Å². The average Bonchev–Trinajstić information content (AvgIpc) is 2.66. The van der Waals surface area contributed by atoms with Crippen LogP contribution in [0, 0.1) is 0 Å². The zero-order valence-corrected chi connectivity index (χ0v) is 9.25. The van der Waals surface area contributed by atoms with Gasteiger partial charge in [-0.1, -0.05) is 11.6 Å². The highest BCUT2D eigenvalue weighted by molar-refractivity contribution is 7.13. The molecular weight excluding hydrogens is 212 g/mol. The lowest BCUT2D eigenvalue weighted by Crippen LogP contribution is -2.28. The van der Waals surface area contributed by atoms with Crippen LogP contribution >= 0.6 is 11.3 Å². The van der Waals surface area contributed by atoms with Crippen LogP contribution in [-0.2, 0) is 0 Å². The lowest BCUT2D eigenvalue weighted by molar-refractivity contribution is 0.0691. The Kier molecular flexibility index (Phi) is 2.73. The van der Waals surface area contributed by atoms with Crippen molar-refractivity contribution in [1.82, 2.24) is 4.98 Å². The van der Waals surface area contributed by atoms with Crippen LogP contribution in [-0.4, -0.2) is 29.1 Å². The summed E-state index contributed by atoms with van der Waals surface area (Å²) in [5.74, 6) is -0.957. The molecule has 1 aromatic rings. The van der Waals surface area contributed by atoms with Gasteiger partial charge in [-0.25, -0.2) is 9.78 Å². The predicted molar refractivity (Wildman–Crippen MR) is 59.7 cm³/mol. The van der Waals surface area contributed by atoms with E-state index in [1.54, 1.807) is 5.38 Å². The number of nitrogens with zero attached hydrogens (tertiary/aromatic N) is 2. The SMILES string of the molecule is CC1=CCCN(c2nc(C(=O)O)cs2)C1. The van der Waals surface area contributed by atoms with Crippen LogP contribution in [0.25, 0.3) is 0 Å². The van der Waals surface area contributed by atoms with Crippen LogP contribution < -0.4 is 4.90 Å². The van der Waals surface area contributed by atoms with Crippen LogP contribution in [0.5, 0.6) is 0 Å². The summed E-state index contributed by atoms with van der Waals surface area (Å²) in [6.07, 6.45) is 3.22. The molecule has 0 atom stereocenters. The third-order valence-corrected chi connectivity index (χ3v) is 3.22. The molecular formula is C10H12N2O2S. The molecule has 1 aliphatic heterocycles. The number of carbonyl (C=O) groups is 1. The van der Waals surface area contributed by atoms with Crippen molar-refractivity contribution in [2.45, 2.75) is 13.3 Å². The molecule has 2 rings (SSSR count). The quantitative estimate of drug-likeness (QED) is 0.781. The molecule has 0 spiro atoms. The molecule has 0 radical (unpaired) electrons. The molecule has 0 bridgehead atoms. The Morgan fingerprint density at radius 2 is 2.47 bits per heavy atom. The zero-order valence-electron chi connectivity index (χ0n) is 8.43. The molecule has 1 aromatic heterocycles. The van der Waals surface area contributed by atoms with Crippen LogP contribution in [0.4, 0.5) is 5.13 Å². The van der Waals surface area contributed by atoms with Crippen LogP contribution in [0.3, 0.4) is 0 Å². The molecule has 0 aliphatic carbocycles.